The van der Waals surface area contributed by atoms with Gasteiger partial charge in [0.15, 0.2) is 0 Å². The molecule has 1 aliphatic rings. The first kappa shape index (κ1) is 14.4. The van der Waals surface area contributed by atoms with Gasteiger partial charge in [-0.15, -0.1) is 0 Å². The molecule has 2 rings (SSSR count). The van der Waals surface area contributed by atoms with Crippen molar-refractivity contribution in [2.24, 2.45) is 5.92 Å². The first-order valence-corrected chi connectivity index (χ1v) is 8.62. The smallest absolute Gasteiger partial charge is 0.238 e. The Labute approximate surface area is 116 Å². The summed E-state index contributed by atoms with van der Waals surface area (Å²) in [5, 5.41) is -0.205. The number of hydrogen-bond acceptors (Lipinski definition) is 2. The van der Waals surface area contributed by atoms with Crippen LogP contribution >= 0.6 is 0 Å². The molecule has 0 saturated heterocycles. The zero-order valence-electron chi connectivity index (χ0n) is 11.7. The number of sulfonamides is 1. The van der Waals surface area contributed by atoms with Crippen LogP contribution in [-0.2, 0) is 10.0 Å². The second kappa shape index (κ2) is 5.95. The molecule has 19 heavy (non-hydrogen) atoms. The summed E-state index contributed by atoms with van der Waals surface area (Å²) in [7, 11) is -3.22. The highest BCUT2D eigenvalue weighted by Gasteiger charge is 2.33. The summed E-state index contributed by atoms with van der Waals surface area (Å²) < 4.78 is 27.1. The van der Waals surface area contributed by atoms with Crippen LogP contribution in [0.15, 0.2) is 30.3 Å². The maximum Gasteiger partial charge on any atom is 0.238 e. The molecule has 0 spiro atoms. The monoisotopic (exact) mass is 281 g/mol. The number of anilines is 1. The Bertz CT molecular complexity index is 490. The van der Waals surface area contributed by atoms with Gasteiger partial charge in [0.25, 0.3) is 0 Å². The molecular formula is C15H23NO2S. The van der Waals surface area contributed by atoms with Crippen molar-refractivity contribution in [1.29, 1.82) is 0 Å². The predicted octanol–water partition coefficient (Wildman–Crippen LogP) is 3.42. The lowest BCUT2D eigenvalue weighted by atomic mass is 9.91. The number of benzene rings is 1. The van der Waals surface area contributed by atoms with Crippen LogP contribution in [0.25, 0.3) is 0 Å². The van der Waals surface area contributed by atoms with Crippen LogP contribution in [0.4, 0.5) is 5.69 Å². The average molecular weight is 281 g/mol. The molecule has 0 atom stereocenters. The molecule has 0 unspecified atom stereocenters. The highest BCUT2D eigenvalue weighted by atomic mass is 32.2. The van der Waals surface area contributed by atoms with Crippen molar-refractivity contribution >= 4 is 15.7 Å². The van der Waals surface area contributed by atoms with E-state index in [1.54, 1.807) is 4.31 Å². The van der Waals surface area contributed by atoms with E-state index >= 15 is 0 Å². The van der Waals surface area contributed by atoms with Crippen LogP contribution in [0.2, 0.25) is 0 Å². The zero-order chi connectivity index (χ0) is 13.9. The summed E-state index contributed by atoms with van der Waals surface area (Å²) in [5.74, 6) is 0.665. The van der Waals surface area contributed by atoms with Gasteiger partial charge in [0.1, 0.15) is 0 Å². The molecule has 1 fully saturated rings. The molecule has 1 aromatic rings. The van der Waals surface area contributed by atoms with Crippen molar-refractivity contribution in [1.82, 2.24) is 0 Å². The Morgan fingerprint density at radius 2 is 1.68 bits per heavy atom. The fourth-order valence-electron chi connectivity index (χ4n) is 2.81. The Morgan fingerprint density at radius 1 is 1.11 bits per heavy atom. The second-order valence-corrected chi connectivity index (χ2v) is 7.56. The molecule has 0 aromatic heterocycles. The molecule has 1 aliphatic carbocycles. The summed E-state index contributed by atoms with van der Waals surface area (Å²) >= 11 is 0. The van der Waals surface area contributed by atoms with Crippen molar-refractivity contribution in [2.45, 2.75) is 44.8 Å². The van der Waals surface area contributed by atoms with Gasteiger partial charge in [0, 0.05) is 6.54 Å². The van der Waals surface area contributed by atoms with Crippen LogP contribution in [0.3, 0.4) is 0 Å². The second-order valence-electron chi connectivity index (χ2n) is 5.43. The van der Waals surface area contributed by atoms with Gasteiger partial charge < -0.3 is 0 Å². The van der Waals surface area contributed by atoms with E-state index in [-0.39, 0.29) is 5.25 Å². The molecule has 0 radical (unpaired) electrons. The number of para-hydroxylation sites is 1. The normalized spacial score (nSPS) is 24.1. The molecule has 1 aromatic carbocycles. The summed E-state index contributed by atoms with van der Waals surface area (Å²) in [5.41, 5.74) is 0.781. The van der Waals surface area contributed by atoms with Crippen LogP contribution < -0.4 is 4.31 Å². The standard InChI is InChI=1S/C15H23NO2S/c1-3-16(14-7-5-4-6-8-14)19(17,18)15-11-9-13(2)10-12-15/h4-8,13,15H,3,9-12H2,1-2H3. The van der Waals surface area contributed by atoms with Gasteiger partial charge >= 0.3 is 0 Å². The van der Waals surface area contributed by atoms with E-state index in [1.165, 1.54) is 0 Å². The van der Waals surface area contributed by atoms with Crippen molar-refractivity contribution in [3.05, 3.63) is 30.3 Å². The first-order chi connectivity index (χ1) is 9.05. The van der Waals surface area contributed by atoms with Crippen LogP contribution in [-0.4, -0.2) is 20.2 Å². The summed E-state index contributed by atoms with van der Waals surface area (Å²) in [4.78, 5) is 0. The van der Waals surface area contributed by atoms with E-state index in [2.05, 4.69) is 6.92 Å². The van der Waals surface area contributed by atoms with Crippen LogP contribution in [0, 0.1) is 5.92 Å². The first-order valence-electron chi connectivity index (χ1n) is 7.12. The summed E-state index contributed by atoms with van der Waals surface area (Å²) in [6.45, 7) is 4.60. The maximum atomic E-state index is 12.7. The van der Waals surface area contributed by atoms with Crippen LogP contribution in [0.1, 0.15) is 39.5 Å². The van der Waals surface area contributed by atoms with E-state index in [0.717, 1.165) is 31.4 Å². The maximum absolute atomic E-state index is 12.7. The van der Waals surface area contributed by atoms with Crippen molar-refractivity contribution in [3.63, 3.8) is 0 Å². The molecule has 0 bridgehead atoms. The minimum atomic E-state index is -3.22. The van der Waals surface area contributed by atoms with Gasteiger partial charge in [0.05, 0.1) is 10.9 Å². The number of nitrogens with zero attached hydrogens (tertiary/aromatic N) is 1. The lowest BCUT2D eigenvalue weighted by molar-refractivity contribution is 0.382. The third kappa shape index (κ3) is 3.11. The Hall–Kier alpha value is -1.03. The molecule has 1 saturated carbocycles. The lowest BCUT2D eigenvalue weighted by Gasteiger charge is -2.32. The van der Waals surface area contributed by atoms with E-state index in [9.17, 15) is 8.42 Å². The van der Waals surface area contributed by atoms with Crippen molar-refractivity contribution < 1.29 is 8.42 Å². The SMILES string of the molecule is CCN(c1ccccc1)S(=O)(=O)C1CCC(C)CC1. The third-order valence-corrected chi connectivity index (χ3v) is 6.42. The minimum absolute atomic E-state index is 0.205. The van der Waals surface area contributed by atoms with Gasteiger partial charge in [-0.3, -0.25) is 4.31 Å². The van der Waals surface area contributed by atoms with Gasteiger partial charge in [-0.25, -0.2) is 8.42 Å². The molecule has 0 N–H and O–H groups in total. The van der Waals surface area contributed by atoms with Gasteiger partial charge in [0.2, 0.25) is 10.0 Å². The molecule has 3 nitrogen and oxygen atoms in total. The fourth-order valence-corrected chi connectivity index (χ4v) is 4.81. The van der Waals surface area contributed by atoms with Crippen molar-refractivity contribution in [3.8, 4) is 0 Å². The largest absolute Gasteiger partial charge is 0.270 e. The fraction of sp³-hybridized carbons (Fsp3) is 0.600. The third-order valence-electron chi connectivity index (χ3n) is 4.02. The molecule has 0 heterocycles. The summed E-state index contributed by atoms with van der Waals surface area (Å²) in [6.07, 6.45) is 3.64. The van der Waals surface area contributed by atoms with E-state index in [1.807, 2.05) is 37.3 Å². The Morgan fingerprint density at radius 3 is 2.21 bits per heavy atom. The number of rotatable bonds is 4. The van der Waals surface area contributed by atoms with Gasteiger partial charge in [-0.2, -0.15) is 0 Å². The molecular weight excluding hydrogens is 258 g/mol. The van der Waals surface area contributed by atoms with Gasteiger partial charge in [-0.05, 0) is 50.7 Å². The van der Waals surface area contributed by atoms with E-state index in [4.69, 9.17) is 0 Å². The lowest BCUT2D eigenvalue weighted by Crippen LogP contribution is -2.40. The predicted molar refractivity (Wildman–Crippen MR) is 79.8 cm³/mol. The Kier molecular flexibility index (Phi) is 4.50. The quantitative estimate of drug-likeness (QED) is 0.848. The molecule has 0 amide bonds. The molecule has 106 valence electrons. The number of hydrogen-bond donors (Lipinski definition) is 0. The van der Waals surface area contributed by atoms with Crippen molar-refractivity contribution in [2.75, 3.05) is 10.8 Å². The van der Waals surface area contributed by atoms with Gasteiger partial charge in [-0.1, -0.05) is 25.1 Å². The Balaban J connectivity index is 2.22. The highest BCUT2D eigenvalue weighted by Crippen LogP contribution is 2.31. The van der Waals surface area contributed by atoms with Crippen LogP contribution in [0.5, 0.6) is 0 Å². The van der Waals surface area contributed by atoms with E-state index in [0.29, 0.717) is 12.5 Å². The zero-order valence-corrected chi connectivity index (χ0v) is 12.6. The minimum Gasteiger partial charge on any atom is -0.270 e. The average Bonchev–Trinajstić information content (AvgIpc) is 2.41. The highest BCUT2D eigenvalue weighted by molar-refractivity contribution is 7.93. The summed E-state index contributed by atoms with van der Waals surface area (Å²) in [6, 6.07) is 9.41. The molecule has 4 heteroatoms. The van der Waals surface area contributed by atoms with E-state index < -0.39 is 10.0 Å². The topological polar surface area (TPSA) is 37.4 Å². The molecule has 0 aliphatic heterocycles.